The number of aryl methyl sites for hydroxylation is 3. The molecule has 2 aromatic carbocycles. The van der Waals surface area contributed by atoms with Crippen molar-refractivity contribution in [2.24, 2.45) is 0 Å². The van der Waals surface area contributed by atoms with E-state index in [1.807, 2.05) is 63.2 Å². The molecule has 4 nitrogen and oxygen atoms in total. The fourth-order valence-corrected chi connectivity index (χ4v) is 3.58. The van der Waals surface area contributed by atoms with E-state index in [2.05, 4.69) is 21.7 Å². The second-order valence-electron chi connectivity index (χ2n) is 6.02. The van der Waals surface area contributed by atoms with Crippen LogP contribution in [0, 0.1) is 20.8 Å². The maximum absolute atomic E-state index is 12.2. The van der Waals surface area contributed by atoms with Crippen molar-refractivity contribution < 1.29 is 4.79 Å². The van der Waals surface area contributed by atoms with Crippen LogP contribution < -0.4 is 10.6 Å². The monoisotopic (exact) mass is 351 g/mol. The number of aromatic nitrogens is 1. The molecule has 25 heavy (non-hydrogen) atoms. The van der Waals surface area contributed by atoms with E-state index in [9.17, 15) is 4.79 Å². The van der Waals surface area contributed by atoms with Gasteiger partial charge in [-0.05, 0) is 32.4 Å². The van der Waals surface area contributed by atoms with Gasteiger partial charge in [-0.15, -0.1) is 11.3 Å². The second-order valence-corrected chi connectivity index (χ2v) is 7.10. The van der Waals surface area contributed by atoms with Crippen LogP contribution in [0.15, 0.2) is 48.5 Å². The highest BCUT2D eigenvalue weighted by molar-refractivity contribution is 7.15. The van der Waals surface area contributed by atoms with Crippen LogP contribution in [0.3, 0.4) is 0 Å². The number of benzene rings is 2. The van der Waals surface area contributed by atoms with Crippen molar-refractivity contribution in [3.8, 4) is 10.6 Å². The molecule has 0 aliphatic carbocycles. The quantitative estimate of drug-likeness (QED) is 0.690. The van der Waals surface area contributed by atoms with Gasteiger partial charge >= 0.3 is 6.03 Å². The van der Waals surface area contributed by atoms with Crippen LogP contribution in [0.1, 0.15) is 21.7 Å². The zero-order valence-electron chi connectivity index (χ0n) is 14.6. The molecule has 0 aliphatic rings. The summed E-state index contributed by atoms with van der Waals surface area (Å²) in [4.78, 5) is 17.9. The molecule has 0 radical (unpaired) electrons. The number of nitrogens with zero attached hydrogens (tertiary/aromatic N) is 1. The molecule has 0 saturated heterocycles. The largest absolute Gasteiger partial charge is 0.333 e. The molecule has 0 aliphatic heterocycles. The number of carbonyl (C=O) groups excluding carboxylic acids is 1. The average Bonchev–Trinajstić information content (AvgIpc) is 2.97. The molecule has 0 bridgehead atoms. The summed E-state index contributed by atoms with van der Waals surface area (Å²) in [5.41, 5.74) is 5.11. The van der Waals surface area contributed by atoms with E-state index in [0.717, 1.165) is 32.4 Å². The van der Waals surface area contributed by atoms with E-state index in [0.29, 0.717) is 6.54 Å². The lowest BCUT2D eigenvalue weighted by Gasteiger charge is -2.10. The third-order valence-corrected chi connectivity index (χ3v) is 5.16. The van der Waals surface area contributed by atoms with Crippen LogP contribution in [0.2, 0.25) is 0 Å². The van der Waals surface area contributed by atoms with Gasteiger partial charge in [-0.1, -0.05) is 48.0 Å². The first kappa shape index (κ1) is 17.2. The summed E-state index contributed by atoms with van der Waals surface area (Å²) in [6.45, 7) is 6.46. The summed E-state index contributed by atoms with van der Waals surface area (Å²) in [6.07, 6.45) is 0. The van der Waals surface area contributed by atoms with E-state index in [1.165, 1.54) is 5.56 Å². The van der Waals surface area contributed by atoms with Crippen LogP contribution in [0.25, 0.3) is 10.6 Å². The van der Waals surface area contributed by atoms with Crippen molar-refractivity contribution in [2.45, 2.75) is 27.3 Å². The van der Waals surface area contributed by atoms with Gasteiger partial charge in [-0.3, -0.25) is 0 Å². The molecule has 0 fully saturated rings. The molecule has 0 unspecified atom stereocenters. The van der Waals surface area contributed by atoms with Crippen LogP contribution in [0.5, 0.6) is 0 Å². The fourth-order valence-electron chi connectivity index (χ4n) is 2.58. The van der Waals surface area contributed by atoms with E-state index in [1.54, 1.807) is 11.3 Å². The second kappa shape index (κ2) is 7.49. The molecular weight excluding hydrogens is 330 g/mol. The van der Waals surface area contributed by atoms with Gasteiger partial charge in [0.25, 0.3) is 0 Å². The number of amides is 2. The first-order valence-corrected chi connectivity index (χ1v) is 8.98. The van der Waals surface area contributed by atoms with Crippen molar-refractivity contribution in [2.75, 3.05) is 5.32 Å². The molecule has 0 atom stereocenters. The van der Waals surface area contributed by atoms with E-state index >= 15 is 0 Å². The lowest BCUT2D eigenvalue weighted by Crippen LogP contribution is -2.28. The number of urea groups is 1. The lowest BCUT2D eigenvalue weighted by atomic mass is 10.1. The zero-order chi connectivity index (χ0) is 17.8. The smallest absolute Gasteiger partial charge is 0.319 e. The molecule has 128 valence electrons. The van der Waals surface area contributed by atoms with Gasteiger partial charge in [0.1, 0.15) is 5.01 Å². The van der Waals surface area contributed by atoms with E-state index in [4.69, 9.17) is 0 Å². The van der Waals surface area contributed by atoms with Crippen molar-refractivity contribution in [3.63, 3.8) is 0 Å². The lowest BCUT2D eigenvalue weighted by molar-refractivity contribution is 0.252. The third-order valence-electron chi connectivity index (χ3n) is 3.95. The number of thiazole rings is 1. The van der Waals surface area contributed by atoms with Gasteiger partial charge in [-0.2, -0.15) is 0 Å². The Morgan fingerprint density at radius 1 is 1.08 bits per heavy atom. The van der Waals surface area contributed by atoms with E-state index in [-0.39, 0.29) is 6.03 Å². The Balaban J connectivity index is 1.63. The van der Waals surface area contributed by atoms with Gasteiger partial charge in [0.15, 0.2) is 0 Å². The highest BCUT2D eigenvalue weighted by Gasteiger charge is 2.11. The number of hydrogen-bond donors (Lipinski definition) is 2. The molecule has 3 aromatic rings. The maximum atomic E-state index is 12.2. The number of hydrogen-bond acceptors (Lipinski definition) is 3. The minimum absolute atomic E-state index is 0.207. The standard InChI is InChI=1S/C20H21N3OS/c1-13-9-10-17(14(2)11-13)23-20(24)21-12-18-15(3)22-19(25-18)16-7-5-4-6-8-16/h4-11H,12H2,1-3H3,(H2,21,23,24). The van der Waals surface area contributed by atoms with Gasteiger partial charge in [0.2, 0.25) is 0 Å². The molecule has 3 rings (SSSR count). The molecule has 1 aromatic heterocycles. The van der Waals surface area contributed by atoms with Crippen LogP contribution >= 0.6 is 11.3 Å². The summed E-state index contributed by atoms with van der Waals surface area (Å²) in [5, 5.41) is 6.79. The Bertz CT molecular complexity index is 887. The first-order chi connectivity index (χ1) is 12.0. The Morgan fingerprint density at radius 2 is 1.84 bits per heavy atom. The molecule has 0 spiro atoms. The summed E-state index contributed by atoms with van der Waals surface area (Å²) < 4.78 is 0. The van der Waals surface area contributed by atoms with Gasteiger partial charge in [-0.25, -0.2) is 9.78 Å². The Hall–Kier alpha value is -2.66. The predicted molar refractivity (Wildman–Crippen MR) is 104 cm³/mol. The van der Waals surface area contributed by atoms with Crippen molar-refractivity contribution in [1.82, 2.24) is 10.3 Å². The van der Waals surface area contributed by atoms with Gasteiger partial charge < -0.3 is 10.6 Å². The molecule has 2 amide bonds. The van der Waals surface area contributed by atoms with Crippen LogP contribution in [-0.4, -0.2) is 11.0 Å². The fraction of sp³-hybridized carbons (Fsp3) is 0.200. The SMILES string of the molecule is Cc1ccc(NC(=O)NCc2sc(-c3ccccc3)nc2C)c(C)c1. The molecule has 5 heteroatoms. The summed E-state index contributed by atoms with van der Waals surface area (Å²) >= 11 is 1.61. The van der Waals surface area contributed by atoms with Crippen LogP contribution in [0.4, 0.5) is 10.5 Å². The molecular formula is C20H21N3OS. The first-order valence-electron chi connectivity index (χ1n) is 8.17. The van der Waals surface area contributed by atoms with Gasteiger partial charge in [0, 0.05) is 16.1 Å². The van der Waals surface area contributed by atoms with E-state index < -0.39 is 0 Å². The summed E-state index contributed by atoms with van der Waals surface area (Å²) in [6, 6.07) is 15.8. The Labute approximate surface area is 151 Å². The van der Waals surface area contributed by atoms with Crippen molar-refractivity contribution >= 4 is 23.1 Å². The predicted octanol–water partition coefficient (Wildman–Crippen LogP) is 5.06. The molecule has 0 saturated carbocycles. The maximum Gasteiger partial charge on any atom is 0.319 e. The highest BCUT2D eigenvalue weighted by Crippen LogP contribution is 2.27. The number of nitrogens with one attached hydrogen (secondary N) is 2. The van der Waals surface area contributed by atoms with Crippen molar-refractivity contribution in [3.05, 3.63) is 70.2 Å². The normalized spacial score (nSPS) is 10.5. The minimum Gasteiger partial charge on any atom is -0.333 e. The number of rotatable bonds is 4. The minimum atomic E-state index is -0.207. The summed E-state index contributed by atoms with van der Waals surface area (Å²) in [5.74, 6) is 0. The summed E-state index contributed by atoms with van der Waals surface area (Å²) in [7, 11) is 0. The number of anilines is 1. The average molecular weight is 351 g/mol. The highest BCUT2D eigenvalue weighted by atomic mass is 32.1. The Morgan fingerprint density at radius 3 is 2.56 bits per heavy atom. The number of carbonyl (C=O) groups is 1. The van der Waals surface area contributed by atoms with Gasteiger partial charge in [0.05, 0.1) is 12.2 Å². The molecule has 2 N–H and O–H groups in total. The topological polar surface area (TPSA) is 54.0 Å². The zero-order valence-corrected chi connectivity index (χ0v) is 15.4. The Kier molecular flexibility index (Phi) is 5.14. The third kappa shape index (κ3) is 4.25. The van der Waals surface area contributed by atoms with Crippen molar-refractivity contribution in [1.29, 1.82) is 0 Å². The van der Waals surface area contributed by atoms with Crippen LogP contribution in [-0.2, 0) is 6.54 Å². The molecule has 1 heterocycles.